The van der Waals surface area contributed by atoms with E-state index in [0.717, 1.165) is 40.1 Å². The number of para-hydroxylation sites is 1. The van der Waals surface area contributed by atoms with E-state index in [-0.39, 0.29) is 0 Å². The molecule has 0 aliphatic carbocycles. The van der Waals surface area contributed by atoms with E-state index < -0.39 is 0 Å². The van der Waals surface area contributed by atoms with Crippen LogP contribution in [0.3, 0.4) is 0 Å². The molecule has 3 nitrogen and oxygen atoms in total. The van der Waals surface area contributed by atoms with Gasteiger partial charge in [0.25, 0.3) is 0 Å². The Balaban J connectivity index is 1.33. The molecule has 11 rings (SSSR count). The second-order valence-corrected chi connectivity index (χ2v) is 15.4. The molecule has 0 aromatic heterocycles. The zero-order valence-corrected chi connectivity index (χ0v) is 32.3. The highest BCUT2D eigenvalue weighted by Gasteiger charge is 2.27. The number of hydrogen-bond donors (Lipinski definition) is 0. The maximum absolute atomic E-state index is 11.8. The molecule has 58 heavy (non-hydrogen) atoms. The van der Waals surface area contributed by atoms with E-state index >= 15 is 0 Å². The Hall–Kier alpha value is -7.49. The zero-order valence-electron chi connectivity index (χ0n) is 32.3. The van der Waals surface area contributed by atoms with Gasteiger partial charge in [-0.2, -0.15) is 0 Å². The first-order valence-electron chi connectivity index (χ1n) is 19.9. The summed E-state index contributed by atoms with van der Waals surface area (Å²) in [5, 5.41) is 14.7. The molecule has 0 aliphatic heterocycles. The molecular weight excluding hydrogens is 705 g/mol. The summed E-state index contributed by atoms with van der Waals surface area (Å²) in [6.45, 7) is 4.27. The van der Waals surface area contributed by atoms with Crippen LogP contribution in [-0.2, 0) is 0 Å². The molecule has 0 saturated heterocycles. The smallest absolute Gasteiger partial charge is 0.150 e. The molecule has 0 bridgehead atoms. The highest BCUT2D eigenvalue weighted by molar-refractivity contribution is 6.46. The fourth-order valence-electron chi connectivity index (χ4n) is 9.34. The number of anilines is 6. The Bertz CT molecular complexity index is 3350. The minimum absolute atomic E-state index is 0.651. The minimum Gasteiger partial charge on any atom is -0.309 e. The number of benzene rings is 11. The Labute approximate surface area is 337 Å². The summed E-state index contributed by atoms with van der Waals surface area (Å²) in [6.07, 6.45) is 0.908. The fraction of sp³-hybridized carbons (Fsp3) is 0.0364. The second-order valence-electron chi connectivity index (χ2n) is 15.4. The molecular formula is C55H38N2O. The Morgan fingerprint density at radius 2 is 0.638 bits per heavy atom. The summed E-state index contributed by atoms with van der Waals surface area (Å²) in [5.74, 6) is 0. The zero-order chi connectivity index (χ0) is 38.9. The van der Waals surface area contributed by atoms with Gasteiger partial charge >= 0.3 is 0 Å². The quantitative estimate of drug-likeness (QED) is 0.0923. The van der Waals surface area contributed by atoms with E-state index in [0.29, 0.717) is 5.56 Å². The largest absolute Gasteiger partial charge is 0.309 e. The Kier molecular flexibility index (Phi) is 7.77. The summed E-state index contributed by atoms with van der Waals surface area (Å²) in [7, 11) is 0. The maximum Gasteiger partial charge on any atom is 0.150 e. The van der Waals surface area contributed by atoms with Gasteiger partial charge in [-0.1, -0.05) is 139 Å². The van der Waals surface area contributed by atoms with Gasteiger partial charge in [0, 0.05) is 60.6 Å². The number of fused-ring (bicyclic) bond motifs is 6. The lowest BCUT2D eigenvalue weighted by atomic mass is 9.83. The number of rotatable bonds is 7. The molecule has 0 saturated carbocycles. The molecule has 3 heteroatoms. The lowest BCUT2D eigenvalue weighted by molar-refractivity contribution is 0.112. The average molecular weight is 743 g/mol. The first-order chi connectivity index (χ1) is 28.6. The van der Waals surface area contributed by atoms with Crippen LogP contribution in [0.4, 0.5) is 34.1 Å². The van der Waals surface area contributed by atoms with Crippen molar-refractivity contribution < 1.29 is 4.79 Å². The van der Waals surface area contributed by atoms with Gasteiger partial charge in [0.1, 0.15) is 6.29 Å². The normalized spacial score (nSPS) is 11.7. The standard InChI is InChI=1S/C55H38N2O/c1-35-22-28-39(29-23-35)56(38-12-4-3-5-13-38)54-46-16-8-6-14-44(46)52-50-42(18-10-20-48(50)54)43-19-11-21-49-51(43)53(52)45-15-7-9-17-47(45)55(49)57(40-30-24-36(2)25-31-40)41-32-26-37(34-58)27-33-41/h3-34H,1-2H3. The lowest BCUT2D eigenvalue weighted by Gasteiger charge is -2.31. The predicted octanol–water partition coefficient (Wildman–Crippen LogP) is 15.4. The van der Waals surface area contributed by atoms with Gasteiger partial charge in [-0.15, -0.1) is 0 Å². The molecule has 274 valence electrons. The molecule has 0 aliphatic rings. The number of carbonyl (C=O) groups is 1. The third-order valence-corrected chi connectivity index (χ3v) is 11.9. The van der Waals surface area contributed by atoms with Gasteiger partial charge < -0.3 is 9.80 Å². The molecule has 11 aromatic carbocycles. The van der Waals surface area contributed by atoms with Crippen molar-refractivity contribution in [1.82, 2.24) is 0 Å². The number of hydrogen-bond acceptors (Lipinski definition) is 3. The summed E-state index contributed by atoms with van der Waals surface area (Å²) in [6, 6.07) is 67.9. The Morgan fingerprint density at radius 3 is 1.07 bits per heavy atom. The Morgan fingerprint density at radius 1 is 0.310 bits per heavy atom. The van der Waals surface area contributed by atoms with Gasteiger partial charge in [-0.25, -0.2) is 0 Å². The summed E-state index contributed by atoms with van der Waals surface area (Å²) in [5.41, 5.74) is 9.65. The summed E-state index contributed by atoms with van der Waals surface area (Å²) < 4.78 is 0. The van der Waals surface area contributed by atoms with Gasteiger partial charge in [-0.3, -0.25) is 4.79 Å². The van der Waals surface area contributed by atoms with Gasteiger partial charge in [0.05, 0.1) is 11.4 Å². The first kappa shape index (κ1) is 33.8. The predicted molar refractivity (Wildman–Crippen MR) is 247 cm³/mol. The topological polar surface area (TPSA) is 23.6 Å². The highest BCUT2D eigenvalue weighted by Crippen LogP contribution is 2.54. The van der Waals surface area contributed by atoms with Gasteiger partial charge in [0.15, 0.2) is 0 Å². The van der Waals surface area contributed by atoms with Crippen LogP contribution in [0.5, 0.6) is 0 Å². The van der Waals surface area contributed by atoms with Crippen LogP contribution in [0.1, 0.15) is 21.5 Å². The van der Waals surface area contributed by atoms with E-state index in [1.54, 1.807) is 0 Å². The molecule has 0 fully saturated rings. The van der Waals surface area contributed by atoms with Crippen molar-refractivity contribution in [3.63, 3.8) is 0 Å². The monoisotopic (exact) mass is 742 g/mol. The van der Waals surface area contributed by atoms with E-state index in [1.807, 2.05) is 12.1 Å². The molecule has 0 amide bonds. The van der Waals surface area contributed by atoms with Gasteiger partial charge in [0.2, 0.25) is 0 Å². The first-order valence-corrected chi connectivity index (χ1v) is 19.9. The number of nitrogens with zero attached hydrogens (tertiary/aromatic N) is 2. The average Bonchev–Trinajstić information content (AvgIpc) is 3.28. The molecule has 0 unspecified atom stereocenters. The van der Waals surface area contributed by atoms with E-state index in [4.69, 9.17) is 0 Å². The van der Waals surface area contributed by atoms with Crippen molar-refractivity contribution >= 4 is 105 Å². The van der Waals surface area contributed by atoms with Crippen LogP contribution in [0, 0.1) is 13.8 Å². The SMILES string of the molecule is Cc1ccc(N(c2ccccc2)c2c3ccccc3c3c4c2cccc4c2cccc4c(N(c5ccc(C)cc5)c5ccc(C=O)cc5)c5ccccc5c3c42)cc1. The van der Waals surface area contributed by atoms with Crippen LogP contribution in [0.2, 0.25) is 0 Å². The van der Waals surface area contributed by atoms with Crippen molar-refractivity contribution in [2.45, 2.75) is 13.8 Å². The van der Waals surface area contributed by atoms with Crippen LogP contribution in [-0.4, -0.2) is 6.29 Å². The van der Waals surface area contributed by atoms with E-state index in [1.165, 1.54) is 76.1 Å². The van der Waals surface area contributed by atoms with Gasteiger partial charge in [-0.05, 0) is 107 Å². The van der Waals surface area contributed by atoms with Crippen molar-refractivity contribution in [2.24, 2.45) is 0 Å². The molecule has 0 N–H and O–H groups in total. The van der Waals surface area contributed by atoms with Crippen LogP contribution in [0.15, 0.2) is 188 Å². The van der Waals surface area contributed by atoms with E-state index in [2.05, 4.69) is 200 Å². The third kappa shape index (κ3) is 5.10. The molecule has 0 radical (unpaired) electrons. The van der Waals surface area contributed by atoms with Crippen molar-refractivity contribution in [3.8, 4) is 0 Å². The highest BCUT2D eigenvalue weighted by atomic mass is 16.1. The molecule has 0 atom stereocenters. The van der Waals surface area contributed by atoms with Crippen LogP contribution < -0.4 is 9.80 Å². The fourth-order valence-corrected chi connectivity index (χ4v) is 9.34. The number of aldehydes is 1. The molecule has 0 spiro atoms. The van der Waals surface area contributed by atoms with Crippen molar-refractivity contribution in [2.75, 3.05) is 9.80 Å². The maximum atomic E-state index is 11.8. The number of carbonyl (C=O) groups excluding carboxylic acids is 1. The van der Waals surface area contributed by atoms with Crippen molar-refractivity contribution in [3.05, 3.63) is 205 Å². The summed E-state index contributed by atoms with van der Waals surface area (Å²) >= 11 is 0. The number of aryl methyl sites for hydroxylation is 2. The van der Waals surface area contributed by atoms with Crippen LogP contribution in [0.25, 0.3) is 64.6 Å². The lowest BCUT2D eigenvalue weighted by Crippen LogP contribution is -2.12. The third-order valence-electron chi connectivity index (χ3n) is 11.9. The minimum atomic E-state index is 0.651. The summed E-state index contributed by atoms with van der Waals surface area (Å²) in [4.78, 5) is 16.6. The molecule has 0 heterocycles. The van der Waals surface area contributed by atoms with Crippen LogP contribution >= 0.6 is 0 Å². The second kappa shape index (κ2) is 13.3. The van der Waals surface area contributed by atoms with E-state index in [9.17, 15) is 4.79 Å². The van der Waals surface area contributed by atoms with Crippen molar-refractivity contribution in [1.29, 1.82) is 0 Å². The molecule has 11 aromatic rings.